The Morgan fingerprint density at radius 3 is 2.00 bits per heavy atom. The van der Waals surface area contributed by atoms with Gasteiger partial charge in [0, 0.05) is 13.3 Å². The first-order valence-electron chi connectivity index (χ1n) is 9.59. The summed E-state index contributed by atoms with van der Waals surface area (Å²) < 4.78 is 5.52. The fraction of sp³-hybridized carbons (Fsp3) is 0.458. The maximum absolute atomic E-state index is 5.52. The number of benzene rings is 2. The number of hydrogen-bond donors (Lipinski definition) is 0. The third-order valence-corrected chi connectivity index (χ3v) is 5.28. The molecule has 2 rings (SSSR count). The van der Waals surface area contributed by atoms with E-state index in [1.54, 1.807) is 7.11 Å². The van der Waals surface area contributed by atoms with Crippen molar-refractivity contribution in [3.05, 3.63) is 65.2 Å². The van der Waals surface area contributed by atoms with Crippen LogP contribution in [0.15, 0.2) is 53.5 Å². The second-order valence-electron chi connectivity index (χ2n) is 8.13. The molecule has 0 N–H and O–H groups in total. The van der Waals surface area contributed by atoms with Crippen molar-refractivity contribution in [2.45, 2.75) is 64.9 Å². The molecule has 0 saturated heterocycles. The Kier molecular flexibility index (Phi) is 6.77. The van der Waals surface area contributed by atoms with Crippen LogP contribution in [0, 0.1) is 0 Å². The molecule has 0 unspecified atom stereocenters. The Balaban J connectivity index is 2.07. The van der Waals surface area contributed by atoms with Crippen molar-refractivity contribution >= 4 is 11.9 Å². The summed E-state index contributed by atoms with van der Waals surface area (Å²) in [5.74, 6) is 0. The highest BCUT2D eigenvalue weighted by molar-refractivity contribution is 5.82. The number of unbranched alkanes of at least 4 members (excludes halogenated alkanes) is 1. The van der Waals surface area contributed by atoms with E-state index in [2.05, 4.69) is 88.1 Å². The molecule has 140 valence electrons. The molecule has 0 aliphatic heterocycles. The van der Waals surface area contributed by atoms with E-state index < -0.39 is 0 Å². The smallest absolute Gasteiger partial charge is 0.0871 e. The molecule has 0 bridgehead atoms. The van der Waals surface area contributed by atoms with Gasteiger partial charge in [-0.3, -0.25) is 4.99 Å². The van der Waals surface area contributed by atoms with Crippen LogP contribution in [0.4, 0.5) is 5.69 Å². The first-order chi connectivity index (χ1) is 12.3. The van der Waals surface area contributed by atoms with Crippen molar-refractivity contribution in [2.75, 3.05) is 7.11 Å². The van der Waals surface area contributed by atoms with Crippen molar-refractivity contribution in [3.63, 3.8) is 0 Å². The normalized spacial score (nSPS) is 12.7. The zero-order valence-electron chi connectivity index (χ0n) is 17.2. The maximum atomic E-state index is 5.52. The van der Waals surface area contributed by atoms with Crippen molar-refractivity contribution in [1.82, 2.24) is 0 Å². The lowest BCUT2D eigenvalue weighted by Crippen LogP contribution is -2.19. The van der Waals surface area contributed by atoms with E-state index in [9.17, 15) is 0 Å². The molecule has 2 aromatic carbocycles. The zero-order chi connectivity index (χ0) is 19.2. The molecule has 0 aliphatic rings. The molecule has 0 aromatic heterocycles. The first kappa shape index (κ1) is 20.4. The van der Waals surface area contributed by atoms with Gasteiger partial charge < -0.3 is 4.74 Å². The van der Waals surface area contributed by atoms with Crippen molar-refractivity contribution in [3.8, 4) is 0 Å². The van der Waals surface area contributed by atoms with Crippen LogP contribution >= 0.6 is 0 Å². The van der Waals surface area contributed by atoms with Crippen molar-refractivity contribution in [1.29, 1.82) is 0 Å². The van der Waals surface area contributed by atoms with Crippen LogP contribution in [0.3, 0.4) is 0 Å². The molecule has 2 nitrogen and oxygen atoms in total. The molecular formula is C24H33NO. The molecule has 0 aliphatic carbocycles. The highest BCUT2D eigenvalue weighted by Crippen LogP contribution is 2.30. The lowest BCUT2D eigenvalue weighted by atomic mass is 9.80. The minimum Gasteiger partial charge on any atom is -0.374 e. The van der Waals surface area contributed by atoms with Crippen LogP contribution in [0.5, 0.6) is 0 Å². The van der Waals surface area contributed by atoms with Crippen LogP contribution in [0.1, 0.15) is 70.6 Å². The zero-order valence-corrected chi connectivity index (χ0v) is 17.2. The number of methoxy groups -OCH3 is 1. The van der Waals surface area contributed by atoms with Crippen molar-refractivity contribution < 1.29 is 4.74 Å². The fourth-order valence-electron chi connectivity index (χ4n) is 3.00. The number of nitrogens with zero attached hydrogens (tertiary/aromatic N) is 1. The fourth-order valence-corrected chi connectivity index (χ4v) is 3.00. The van der Waals surface area contributed by atoms with Crippen LogP contribution in [-0.4, -0.2) is 13.3 Å². The predicted molar refractivity (Wildman–Crippen MR) is 113 cm³/mol. The molecule has 0 radical (unpaired) electrons. The Labute approximate surface area is 159 Å². The van der Waals surface area contributed by atoms with Gasteiger partial charge in [0.25, 0.3) is 0 Å². The van der Waals surface area contributed by atoms with Gasteiger partial charge in [0.15, 0.2) is 0 Å². The maximum Gasteiger partial charge on any atom is 0.0871 e. The quantitative estimate of drug-likeness (QED) is 0.480. The van der Waals surface area contributed by atoms with Gasteiger partial charge in [-0.1, -0.05) is 70.0 Å². The number of ether oxygens (including phenoxy) is 1. The van der Waals surface area contributed by atoms with Crippen LogP contribution in [0.25, 0.3) is 0 Å². The van der Waals surface area contributed by atoms with Gasteiger partial charge in [0.1, 0.15) is 0 Å². The number of rotatable bonds is 8. The Morgan fingerprint density at radius 2 is 1.46 bits per heavy atom. The van der Waals surface area contributed by atoms with Gasteiger partial charge in [0.2, 0.25) is 0 Å². The van der Waals surface area contributed by atoms with E-state index >= 15 is 0 Å². The topological polar surface area (TPSA) is 21.6 Å². The first-order valence-corrected chi connectivity index (χ1v) is 9.59. The average Bonchev–Trinajstić information content (AvgIpc) is 2.65. The molecule has 0 amide bonds. The van der Waals surface area contributed by atoms with Gasteiger partial charge in [-0.15, -0.1) is 0 Å². The van der Waals surface area contributed by atoms with E-state index in [4.69, 9.17) is 4.74 Å². The predicted octanol–water partition coefficient (Wildman–Crippen LogP) is 6.79. The molecule has 0 fully saturated rings. The van der Waals surface area contributed by atoms with Crippen LogP contribution in [-0.2, 0) is 15.8 Å². The van der Waals surface area contributed by atoms with Gasteiger partial charge in [-0.05, 0) is 54.5 Å². The highest BCUT2D eigenvalue weighted by Gasteiger charge is 2.20. The lowest BCUT2D eigenvalue weighted by Gasteiger charge is -2.25. The lowest BCUT2D eigenvalue weighted by molar-refractivity contribution is 0.0192. The molecule has 2 aromatic rings. The Hall–Kier alpha value is -1.93. The molecule has 0 heterocycles. The standard InChI is InChI=1S/C24H33NO/c1-7-8-17-23(2,3)20-13-15-22(16-14-20)25-18-19-9-11-21(12-10-19)24(4,5)26-6/h9-16,18H,7-8,17H2,1-6H3. The third-order valence-electron chi connectivity index (χ3n) is 5.28. The van der Waals surface area contributed by atoms with Crippen molar-refractivity contribution in [2.24, 2.45) is 4.99 Å². The monoisotopic (exact) mass is 351 g/mol. The van der Waals surface area contributed by atoms with Gasteiger partial charge in [-0.2, -0.15) is 0 Å². The van der Waals surface area contributed by atoms with E-state index in [-0.39, 0.29) is 11.0 Å². The third kappa shape index (κ3) is 5.28. The summed E-state index contributed by atoms with van der Waals surface area (Å²) in [6.07, 6.45) is 5.64. The van der Waals surface area contributed by atoms with Crippen LogP contribution < -0.4 is 0 Å². The SMILES string of the molecule is CCCCC(C)(C)c1ccc(N=Cc2ccc(C(C)(C)OC)cc2)cc1. The molecule has 2 heteroatoms. The average molecular weight is 352 g/mol. The van der Waals surface area contributed by atoms with E-state index in [0.717, 1.165) is 16.8 Å². The van der Waals surface area contributed by atoms with E-state index in [1.165, 1.54) is 24.8 Å². The summed E-state index contributed by atoms with van der Waals surface area (Å²) >= 11 is 0. The second kappa shape index (κ2) is 8.64. The molecule has 0 spiro atoms. The van der Waals surface area contributed by atoms with Gasteiger partial charge in [-0.25, -0.2) is 0 Å². The minimum absolute atomic E-state index is 0.224. The number of hydrogen-bond acceptors (Lipinski definition) is 2. The Morgan fingerprint density at radius 1 is 0.885 bits per heavy atom. The molecule has 0 atom stereocenters. The second-order valence-corrected chi connectivity index (χ2v) is 8.13. The number of aliphatic imine (C=N–C) groups is 1. The largest absolute Gasteiger partial charge is 0.374 e. The molecular weight excluding hydrogens is 318 g/mol. The molecule has 26 heavy (non-hydrogen) atoms. The van der Waals surface area contributed by atoms with Gasteiger partial charge in [0.05, 0.1) is 11.3 Å². The summed E-state index contributed by atoms with van der Waals surface area (Å²) in [5.41, 5.74) is 4.58. The van der Waals surface area contributed by atoms with Gasteiger partial charge >= 0.3 is 0 Å². The van der Waals surface area contributed by atoms with Crippen LogP contribution in [0.2, 0.25) is 0 Å². The summed E-state index contributed by atoms with van der Waals surface area (Å²) in [7, 11) is 1.74. The van der Waals surface area contributed by atoms with E-state index in [1.807, 2.05) is 6.21 Å². The summed E-state index contributed by atoms with van der Waals surface area (Å²) in [5, 5.41) is 0. The minimum atomic E-state index is -0.268. The summed E-state index contributed by atoms with van der Waals surface area (Å²) in [6.45, 7) is 11.0. The summed E-state index contributed by atoms with van der Waals surface area (Å²) in [6, 6.07) is 17.0. The summed E-state index contributed by atoms with van der Waals surface area (Å²) in [4.78, 5) is 4.62. The highest BCUT2D eigenvalue weighted by atomic mass is 16.5. The van der Waals surface area contributed by atoms with E-state index in [0.29, 0.717) is 0 Å². The molecule has 0 saturated carbocycles. The Bertz CT molecular complexity index is 709.